The molecule has 0 unspecified atom stereocenters. The number of carbonyl (C=O) groups excluding carboxylic acids is 2. The zero-order valence-electron chi connectivity index (χ0n) is 7.91. The summed E-state index contributed by atoms with van der Waals surface area (Å²) in [6, 6.07) is 0. The third-order valence-corrected chi connectivity index (χ3v) is 1.26. The predicted octanol–water partition coefficient (Wildman–Crippen LogP) is -0.260. The van der Waals surface area contributed by atoms with Gasteiger partial charge >= 0.3 is 0 Å². The van der Waals surface area contributed by atoms with Crippen LogP contribution in [-0.2, 0) is 9.59 Å². The third kappa shape index (κ3) is 5.70. The number of allylic oxidation sites excluding steroid dienone is 2. The minimum Gasteiger partial charge on any atom is -0.394 e. The Balaban J connectivity index is 3.92. The third-order valence-electron chi connectivity index (χ3n) is 1.26. The Kier molecular flexibility index (Phi) is 5.69. The molecule has 0 aromatic heterocycles. The van der Waals surface area contributed by atoms with Gasteiger partial charge in [-0.1, -0.05) is 6.08 Å². The highest BCUT2D eigenvalue weighted by atomic mass is 16.2. The highest BCUT2D eigenvalue weighted by Gasteiger charge is 2.01. The van der Waals surface area contributed by atoms with Gasteiger partial charge in [-0.3, -0.25) is 9.59 Å². The molecule has 0 saturated carbocycles. The quantitative estimate of drug-likeness (QED) is 0.320. The van der Waals surface area contributed by atoms with Gasteiger partial charge in [0.2, 0.25) is 0 Å². The summed E-state index contributed by atoms with van der Waals surface area (Å²) in [5.74, 6) is -0.496. The van der Waals surface area contributed by atoms with Crippen molar-refractivity contribution in [1.29, 1.82) is 5.41 Å². The molecule has 0 heterocycles. The summed E-state index contributed by atoms with van der Waals surface area (Å²) in [5, 5.41) is 9.50. The van der Waals surface area contributed by atoms with Crippen LogP contribution in [0.2, 0.25) is 0 Å². The van der Waals surface area contributed by atoms with E-state index in [1.165, 1.54) is 0 Å². The van der Waals surface area contributed by atoms with Crippen LogP contribution in [0.3, 0.4) is 0 Å². The van der Waals surface area contributed by atoms with E-state index in [0.29, 0.717) is 12.0 Å². The Morgan fingerprint density at radius 1 is 1.57 bits per heavy atom. The van der Waals surface area contributed by atoms with Gasteiger partial charge in [-0.05, 0) is 13.0 Å². The molecular weight excluding hydrogens is 182 g/mol. The standard InChI is InChI=1S/C9H13N3O2/c1-7(10)3-2-5-12-9(14)8(11)4-6-13/h2-4,6,10H,5,11H2,1H3,(H,12,14)/b3-2-,8-4?,10-7?. The second-order valence-electron chi connectivity index (χ2n) is 2.55. The first kappa shape index (κ1) is 12.1. The molecule has 0 atom stereocenters. The summed E-state index contributed by atoms with van der Waals surface area (Å²) < 4.78 is 0. The maximum absolute atomic E-state index is 11.0. The molecule has 0 spiro atoms. The van der Waals surface area contributed by atoms with E-state index in [9.17, 15) is 9.59 Å². The van der Waals surface area contributed by atoms with Crippen molar-refractivity contribution < 1.29 is 9.59 Å². The first-order chi connectivity index (χ1) is 6.57. The maximum Gasteiger partial charge on any atom is 0.267 e. The fraction of sp³-hybridized carbons (Fsp3) is 0.222. The summed E-state index contributed by atoms with van der Waals surface area (Å²) in [6.45, 7) is 1.90. The first-order valence-corrected chi connectivity index (χ1v) is 3.98. The van der Waals surface area contributed by atoms with Gasteiger partial charge in [0, 0.05) is 18.3 Å². The lowest BCUT2D eigenvalue weighted by Crippen LogP contribution is -2.28. The zero-order valence-corrected chi connectivity index (χ0v) is 7.91. The van der Waals surface area contributed by atoms with Gasteiger partial charge < -0.3 is 16.5 Å². The fourth-order valence-electron chi connectivity index (χ4n) is 0.638. The topological polar surface area (TPSA) is 96.0 Å². The molecule has 0 fully saturated rings. The minimum absolute atomic E-state index is 0.125. The highest BCUT2D eigenvalue weighted by molar-refractivity contribution is 5.95. The lowest BCUT2D eigenvalue weighted by atomic mass is 10.3. The van der Waals surface area contributed by atoms with Gasteiger partial charge in [-0.15, -0.1) is 0 Å². The molecule has 4 N–H and O–H groups in total. The van der Waals surface area contributed by atoms with Crippen LogP contribution in [0.5, 0.6) is 0 Å². The molecule has 0 aliphatic carbocycles. The summed E-state index contributed by atoms with van der Waals surface area (Å²) in [6.07, 6.45) is 4.61. The van der Waals surface area contributed by atoms with Crippen LogP contribution in [0.15, 0.2) is 23.9 Å². The average molecular weight is 195 g/mol. The van der Waals surface area contributed by atoms with E-state index in [-0.39, 0.29) is 12.2 Å². The van der Waals surface area contributed by atoms with Crippen LogP contribution in [0.25, 0.3) is 0 Å². The average Bonchev–Trinajstić information content (AvgIpc) is 2.12. The first-order valence-electron chi connectivity index (χ1n) is 3.98. The van der Waals surface area contributed by atoms with Crippen LogP contribution < -0.4 is 11.1 Å². The Hall–Kier alpha value is -1.91. The smallest absolute Gasteiger partial charge is 0.267 e. The van der Waals surface area contributed by atoms with Gasteiger partial charge in [-0.2, -0.15) is 0 Å². The van der Waals surface area contributed by atoms with Crippen molar-refractivity contribution in [1.82, 2.24) is 5.32 Å². The number of aldehydes is 1. The predicted molar refractivity (Wildman–Crippen MR) is 53.9 cm³/mol. The van der Waals surface area contributed by atoms with Crippen molar-refractivity contribution in [2.75, 3.05) is 6.54 Å². The monoisotopic (exact) mass is 195 g/mol. The molecule has 0 radical (unpaired) electrons. The van der Waals surface area contributed by atoms with Gasteiger partial charge in [0.25, 0.3) is 5.91 Å². The Morgan fingerprint density at radius 3 is 2.71 bits per heavy atom. The van der Waals surface area contributed by atoms with E-state index in [0.717, 1.165) is 6.08 Å². The molecule has 14 heavy (non-hydrogen) atoms. The number of rotatable bonds is 5. The minimum atomic E-state index is -0.496. The van der Waals surface area contributed by atoms with Crippen molar-refractivity contribution in [3.63, 3.8) is 0 Å². The van der Waals surface area contributed by atoms with Gasteiger partial charge in [0.15, 0.2) is 0 Å². The molecule has 1 amide bonds. The molecule has 0 aromatic carbocycles. The molecule has 76 valence electrons. The summed E-state index contributed by atoms with van der Waals surface area (Å²) in [4.78, 5) is 21.0. The molecule has 0 aliphatic rings. The number of hydrogen-bond acceptors (Lipinski definition) is 4. The van der Waals surface area contributed by atoms with Crippen molar-refractivity contribution in [3.05, 3.63) is 23.9 Å². The van der Waals surface area contributed by atoms with E-state index in [2.05, 4.69) is 5.32 Å². The second-order valence-corrected chi connectivity index (χ2v) is 2.55. The van der Waals surface area contributed by atoms with E-state index >= 15 is 0 Å². The second kappa shape index (κ2) is 6.59. The van der Waals surface area contributed by atoms with Crippen molar-refractivity contribution in [2.45, 2.75) is 6.92 Å². The zero-order chi connectivity index (χ0) is 11.0. The number of amides is 1. The normalized spacial score (nSPS) is 11.4. The number of nitrogens with two attached hydrogens (primary N) is 1. The summed E-state index contributed by atoms with van der Waals surface area (Å²) >= 11 is 0. The number of hydrogen-bond donors (Lipinski definition) is 3. The molecule has 0 aliphatic heterocycles. The van der Waals surface area contributed by atoms with E-state index < -0.39 is 5.91 Å². The molecule has 0 rings (SSSR count). The van der Waals surface area contributed by atoms with E-state index in [4.69, 9.17) is 11.1 Å². The Bertz CT molecular complexity index is 292. The van der Waals surface area contributed by atoms with Crippen LogP contribution in [0.1, 0.15) is 6.92 Å². The summed E-state index contributed by atoms with van der Waals surface area (Å²) in [7, 11) is 0. The Labute approximate surface area is 82.2 Å². The molecule has 0 saturated heterocycles. The van der Waals surface area contributed by atoms with E-state index in [1.807, 2.05) is 0 Å². The van der Waals surface area contributed by atoms with Gasteiger partial charge in [-0.25, -0.2) is 0 Å². The molecule has 0 aromatic rings. The lowest BCUT2D eigenvalue weighted by Gasteiger charge is -2.00. The van der Waals surface area contributed by atoms with Gasteiger partial charge in [0.1, 0.15) is 12.0 Å². The molecule has 0 bridgehead atoms. The number of nitrogens with one attached hydrogen (secondary N) is 2. The van der Waals surface area contributed by atoms with Crippen molar-refractivity contribution in [2.24, 2.45) is 5.73 Å². The van der Waals surface area contributed by atoms with Crippen LogP contribution in [0.4, 0.5) is 0 Å². The Morgan fingerprint density at radius 2 is 2.21 bits per heavy atom. The largest absolute Gasteiger partial charge is 0.394 e. The van der Waals surface area contributed by atoms with E-state index in [1.54, 1.807) is 19.1 Å². The SMILES string of the molecule is CC(=N)/C=C\CNC(=O)C(N)=CC=O. The molecular formula is C9H13N3O2. The molecule has 5 nitrogen and oxygen atoms in total. The fourth-order valence-corrected chi connectivity index (χ4v) is 0.638. The van der Waals surface area contributed by atoms with Crippen LogP contribution in [0, 0.1) is 5.41 Å². The number of carbonyl (C=O) groups is 2. The molecule has 5 heteroatoms. The van der Waals surface area contributed by atoms with Gasteiger partial charge in [0.05, 0.1) is 0 Å². The van der Waals surface area contributed by atoms with Crippen LogP contribution >= 0.6 is 0 Å². The summed E-state index contributed by atoms with van der Waals surface area (Å²) in [5.41, 5.74) is 5.49. The lowest BCUT2D eigenvalue weighted by molar-refractivity contribution is -0.117. The van der Waals surface area contributed by atoms with Crippen LogP contribution in [-0.4, -0.2) is 24.4 Å². The van der Waals surface area contributed by atoms with Crippen molar-refractivity contribution >= 4 is 17.9 Å². The highest BCUT2D eigenvalue weighted by Crippen LogP contribution is 1.81. The van der Waals surface area contributed by atoms with Crippen molar-refractivity contribution in [3.8, 4) is 0 Å². The maximum atomic E-state index is 11.0.